The summed E-state index contributed by atoms with van der Waals surface area (Å²) < 4.78 is 5.13. The van der Waals surface area contributed by atoms with Crippen molar-refractivity contribution in [3.8, 4) is 0 Å². The van der Waals surface area contributed by atoms with Crippen LogP contribution in [0.25, 0.3) is 0 Å². The molecule has 19 heavy (non-hydrogen) atoms. The first-order valence-corrected chi connectivity index (χ1v) is 7.98. The van der Waals surface area contributed by atoms with Crippen LogP contribution in [-0.2, 0) is 9.53 Å². The van der Waals surface area contributed by atoms with Gasteiger partial charge in [0.15, 0.2) is 0 Å². The average Bonchev–Trinajstić information content (AvgIpc) is 2.84. The quantitative estimate of drug-likeness (QED) is 0.773. The van der Waals surface area contributed by atoms with E-state index in [4.69, 9.17) is 4.74 Å². The predicted molar refractivity (Wildman–Crippen MR) is 78.5 cm³/mol. The average molecular weight is 281 g/mol. The number of piperidine rings is 1. The first-order valence-electron chi connectivity index (χ1n) is 7.16. The van der Waals surface area contributed by atoms with Crippen LogP contribution in [0.1, 0.15) is 48.4 Å². The van der Waals surface area contributed by atoms with Gasteiger partial charge in [0.2, 0.25) is 0 Å². The van der Waals surface area contributed by atoms with Gasteiger partial charge >= 0.3 is 5.97 Å². The number of thiophene rings is 1. The van der Waals surface area contributed by atoms with Crippen LogP contribution in [0.3, 0.4) is 0 Å². The minimum Gasteiger partial charge on any atom is -0.466 e. The first kappa shape index (κ1) is 14.5. The van der Waals surface area contributed by atoms with Gasteiger partial charge in [-0.1, -0.05) is 6.42 Å². The lowest BCUT2D eigenvalue weighted by Crippen LogP contribution is -2.34. The van der Waals surface area contributed by atoms with Crippen LogP contribution >= 0.6 is 11.3 Å². The Kier molecular flexibility index (Phi) is 5.40. The molecule has 0 radical (unpaired) electrons. The van der Waals surface area contributed by atoms with E-state index in [0.717, 1.165) is 13.1 Å². The molecule has 1 atom stereocenters. The molecule has 3 nitrogen and oxygen atoms in total. The van der Waals surface area contributed by atoms with Gasteiger partial charge in [0.1, 0.15) is 0 Å². The molecule has 0 N–H and O–H groups in total. The second-order valence-electron chi connectivity index (χ2n) is 5.07. The summed E-state index contributed by atoms with van der Waals surface area (Å²) >= 11 is 1.80. The molecule has 1 aliphatic rings. The van der Waals surface area contributed by atoms with Crippen LogP contribution in [0.4, 0.5) is 0 Å². The minimum atomic E-state index is -0.0795. The molecule has 106 valence electrons. The van der Waals surface area contributed by atoms with Crippen molar-refractivity contribution in [2.45, 2.75) is 45.6 Å². The number of hydrogen-bond donors (Lipinski definition) is 0. The maximum absolute atomic E-state index is 11.8. The highest BCUT2D eigenvalue weighted by atomic mass is 32.1. The number of esters is 1. The monoisotopic (exact) mass is 281 g/mol. The van der Waals surface area contributed by atoms with E-state index in [9.17, 15) is 4.79 Å². The lowest BCUT2D eigenvalue weighted by molar-refractivity contribution is -0.144. The predicted octanol–water partition coefficient (Wildman–Crippen LogP) is 3.54. The van der Waals surface area contributed by atoms with Crippen molar-refractivity contribution in [1.82, 2.24) is 4.90 Å². The zero-order valence-electron chi connectivity index (χ0n) is 11.9. The van der Waals surface area contributed by atoms with Gasteiger partial charge in [0.25, 0.3) is 0 Å². The smallest absolute Gasteiger partial charge is 0.307 e. The van der Waals surface area contributed by atoms with E-state index < -0.39 is 0 Å². The summed E-state index contributed by atoms with van der Waals surface area (Å²) in [6, 6.07) is 4.51. The zero-order chi connectivity index (χ0) is 13.7. The fraction of sp³-hybridized carbons (Fsp3) is 0.667. The highest BCUT2D eigenvalue weighted by molar-refractivity contribution is 7.12. The van der Waals surface area contributed by atoms with Gasteiger partial charge in [-0.3, -0.25) is 9.69 Å². The number of rotatable bonds is 5. The molecule has 1 aliphatic heterocycles. The second-order valence-corrected chi connectivity index (χ2v) is 6.39. The molecule has 4 heteroatoms. The Morgan fingerprint density at radius 1 is 1.37 bits per heavy atom. The molecule has 1 unspecified atom stereocenters. The van der Waals surface area contributed by atoms with Crippen LogP contribution in [0.5, 0.6) is 0 Å². The molecule has 0 spiro atoms. The maximum atomic E-state index is 11.8. The van der Waals surface area contributed by atoms with Crippen LogP contribution in [-0.4, -0.2) is 30.6 Å². The molecular formula is C15H23NO2S. The number of ether oxygens (including phenoxy) is 1. The van der Waals surface area contributed by atoms with Crippen molar-refractivity contribution >= 4 is 17.3 Å². The maximum Gasteiger partial charge on any atom is 0.307 e. The van der Waals surface area contributed by atoms with E-state index in [1.54, 1.807) is 11.3 Å². The van der Waals surface area contributed by atoms with Gasteiger partial charge in [-0.2, -0.15) is 0 Å². The molecule has 2 rings (SSSR count). The molecule has 2 heterocycles. The van der Waals surface area contributed by atoms with E-state index in [-0.39, 0.29) is 12.0 Å². The third-order valence-corrected chi connectivity index (χ3v) is 4.69. The highest BCUT2D eigenvalue weighted by Gasteiger charge is 2.26. The normalized spacial score (nSPS) is 18.2. The van der Waals surface area contributed by atoms with Gasteiger partial charge in [-0.05, 0) is 51.9 Å². The summed E-state index contributed by atoms with van der Waals surface area (Å²) in [5, 5.41) is 0. The van der Waals surface area contributed by atoms with Gasteiger partial charge in [0.05, 0.1) is 19.1 Å². The Labute approximate surface area is 119 Å². The van der Waals surface area contributed by atoms with Crippen molar-refractivity contribution in [2.24, 2.45) is 0 Å². The number of hydrogen-bond acceptors (Lipinski definition) is 4. The van der Waals surface area contributed by atoms with Crippen LogP contribution in [0, 0.1) is 6.92 Å². The molecule has 1 aromatic rings. The molecule has 0 amide bonds. The summed E-state index contributed by atoms with van der Waals surface area (Å²) in [5.41, 5.74) is 0. The van der Waals surface area contributed by atoms with E-state index >= 15 is 0 Å². The van der Waals surface area contributed by atoms with Gasteiger partial charge < -0.3 is 4.74 Å². The first-order chi connectivity index (χ1) is 9.20. The van der Waals surface area contributed by atoms with Gasteiger partial charge in [-0.25, -0.2) is 0 Å². The highest BCUT2D eigenvalue weighted by Crippen LogP contribution is 2.32. The summed E-state index contributed by atoms with van der Waals surface area (Å²) in [6.45, 7) is 6.64. The Balaban J connectivity index is 2.10. The summed E-state index contributed by atoms with van der Waals surface area (Å²) in [5.74, 6) is -0.0795. The Hall–Kier alpha value is -0.870. The largest absolute Gasteiger partial charge is 0.466 e. The number of aryl methyl sites for hydroxylation is 1. The van der Waals surface area contributed by atoms with Gasteiger partial charge in [-0.15, -0.1) is 11.3 Å². The number of nitrogens with zero attached hydrogens (tertiary/aromatic N) is 1. The zero-order valence-corrected chi connectivity index (χ0v) is 12.7. The molecule has 1 saturated heterocycles. The van der Waals surface area contributed by atoms with E-state index in [2.05, 4.69) is 24.0 Å². The molecule has 0 bridgehead atoms. The Morgan fingerprint density at radius 2 is 2.11 bits per heavy atom. The van der Waals surface area contributed by atoms with Crippen molar-refractivity contribution in [3.63, 3.8) is 0 Å². The van der Waals surface area contributed by atoms with Gasteiger partial charge in [0, 0.05) is 9.75 Å². The summed E-state index contributed by atoms with van der Waals surface area (Å²) in [4.78, 5) is 16.9. The summed E-state index contributed by atoms with van der Waals surface area (Å²) in [6.07, 6.45) is 4.27. The molecule has 0 saturated carbocycles. The molecule has 1 aromatic heterocycles. The summed E-state index contributed by atoms with van der Waals surface area (Å²) in [7, 11) is 0. The molecule has 0 aromatic carbocycles. The Bertz CT molecular complexity index is 410. The lowest BCUT2D eigenvalue weighted by atomic mass is 10.0. The van der Waals surface area contributed by atoms with Crippen LogP contribution in [0.15, 0.2) is 12.1 Å². The molecular weight excluding hydrogens is 258 g/mol. The molecule has 0 aliphatic carbocycles. The van der Waals surface area contributed by atoms with Crippen LogP contribution in [0.2, 0.25) is 0 Å². The topological polar surface area (TPSA) is 29.5 Å². The van der Waals surface area contributed by atoms with E-state index in [0.29, 0.717) is 13.0 Å². The Morgan fingerprint density at radius 3 is 2.68 bits per heavy atom. The third-order valence-electron chi connectivity index (χ3n) is 3.59. The van der Waals surface area contributed by atoms with Crippen molar-refractivity contribution in [1.29, 1.82) is 0 Å². The second kappa shape index (κ2) is 7.06. The van der Waals surface area contributed by atoms with Crippen LogP contribution < -0.4 is 0 Å². The fourth-order valence-electron chi connectivity index (χ4n) is 2.65. The SMILES string of the molecule is CCOC(=O)CC(c1ccc(C)s1)N1CCCCC1. The van der Waals surface area contributed by atoms with E-state index in [1.807, 2.05) is 6.92 Å². The van der Waals surface area contributed by atoms with E-state index in [1.165, 1.54) is 29.0 Å². The van der Waals surface area contributed by atoms with Crippen molar-refractivity contribution in [3.05, 3.63) is 21.9 Å². The lowest BCUT2D eigenvalue weighted by Gasteiger charge is -2.33. The number of carbonyl (C=O) groups is 1. The van der Waals surface area contributed by atoms with Crippen molar-refractivity contribution < 1.29 is 9.53 Å². The number of likely N-dealkylation sites (tertiary alicyclic amines) is 1. The number of carbonyl (C=O) groups excluding carboxylic acids is 1. The minimum absolute atomic E-state index is 0.0795. The standard InChI is InChI=1S/C15H23NO2S/c1-3-18-15(17)11-13(14-8-7-12(2)19-14)16-9-5-4-6-10-16/h7-8,13H,3-6,9-11H2,1-2H3. The third kappa shape index (κ3) is 4.05. The fourth-order valence-corrected chi connectivity index (χ4v) is 3.66. The molecule has 1 fully saturated rings. The van der Waals surface area contributed by atoms with Crippen molar-refractivity contribution in [2.75, 3.05) is 19.7 Å².